The topological polar surface area (TPSA) is 123 Å². The zero-order chi connectivity index (χ0) is 29.7. The van der Waals surface area contributed by atoms with Crippen LogP contribution in [0.15, 0.2) is 102 Å². The third kappa shape index (κ3) is 6.03. The number of pyridine rings is 1. The van der Waals surface area contributed by atoms with Gasteiger partial charge in [-0.2, -0.15) is 4.31 Å². The molecule has 214 valence electrons. The number of carboxylic acid groups (broad SMARTS) is 1. The van der Waals surface area contributed by atoms with E-state index in [1.54, 1.807) is 60.7 Å². The molecular weight excluding hydrogens is 556 g/mol. The summed E-state index contributed by atoms with van der Waals surface area (Å²) in [6.45, 7) is 0. The van der Waals surface area contributed by atoms with Crippen molar-refractivity contribution in [3.05, 3.63) is 103 Å². The van der Waals surface area contributed by atoms with Crippen LogP contribution < -0.4 is 13.8 Å². The van der Waals surface area contributed by atoms with Gasteiger partial charge in [0.25, 0.3) is 10.0 Å². The second-order valence-corrected chi connectivity index (χ2v) is 11.3. The fourth-order valence-corrected chi connectivity index (χ4v) is 5.96. The molecule has 0 unspecified atom stereocenters. The lowest BCUT2D eigenvalue weighted by Crippen LogP contribution is -2.39. The number of rotatable bonds is 10. The number of aliphatic carboxylic acids is 1. The van der Waals surface area contributed by atoms with Gasteiger partial charge in [-0.15, -0.1) is 0 Å². The highest BCUT2D eigenvalue weighted by Crippen LogP contribution is 2.35. The summed E-state index contributed by atoms with van der Waals surface area (Å²) in [5, 5.41) is 9.95. The van der Waals surface area contributed by atoms with Crippen LogP contribution in [-0.4, -0.2) is 37.7 Å². The molecule has 0 bridgehead atoms. The number of amides is 1. The molecule has 0 aliphatic heterocycles. The van der Waals surface area contributed by atoms with Gasteiger partial charge in [0.1, 0.15) is 5.75 Å². The Morgan fingerprint density at radius 1 is 0.810 bits per heavy atom. The molecule has 0 aliphatic rings. The number of methoxy groups -OCH3 is 1. The molecule has 0 atom stereocenters. The van der Waals surface area contributed by atoms with Crippen molar-refractivity contribution >= 4 is 49.6 Å². The van der Waals surface area contributed by atoms with Gasteiger partial charge in [-0.3, -0.25) is 4.79 Å². The molecule has 42 heavy (non-hydrogen) atoms. The molecule has 0 saturated carbocycles. The van der Waals surface area contributed by atoms with Crippen molar-refractivity contribution in [2.24, 2.45) is 0 Å². The molecule has 1 heterocycles. The standard InChI is InChI=1S/C32H28N2O7S/c1-40-24-18-16-23(17-19-24)34(42(38,39)25-20-14-22(15-21-25)8-2-7-13-30(35)36)32(37)41-31-26-9-3-5-11-28(26)33-29-12-6-4-10-27(29)31/h3-6,9-12,14-21H,2,7-8,13H2,1H3,(H,35,36). The fourth-order valence-electron chi connectivity index (χ4n) is 4.64. The van der Waals surface area contributed by atoms with Crippen LogP contribution in [0.3, 0.4) is 0 Å². The van der Waals surface area contributed by atoms with Crippen molar-refractivity contribution in [2.75, 3.05) is 11.4 Å². The summed E-state index contributed by atoms with van der Waals surface area (Å²) in [5.41, 5.74) is 2.11. The maximum Gasteiger partial charge on any atom is 0.434 e. The van der Waals surface area contributed by atoms with E-state index in [0.717, 1.165) is 5.56 Å². The Morgan fingerprint density at radius 2 is 1.40 bits per heavy atom. The normalized spacial score (nSPS) is 11.4. The van der Waals surface area contributed by atoms with Crippen LogP contribution in [0.4, 0.5) is 10.5 Å². The molecule has 0 spiro atoms. The molecule has 1 aromatic heterocycles. The molecule has 1 N–H and O–H groups in total. The van der Waals surface area contributed by atoms with E-state index in [2.05, 4.69) is 4.98 Å². The molecular formula is C32H28N2O7S. The molecule has 5 aromatic rings. The van der Waals surface area contributed by atoms with Gasteiger partial charge >= 0.3 is 12.1 Å². The maximum absolute atomic E-state index is 14.0. The summed E-state index contributed by atoms with van der Waals surface area (Å²) >= 11 is 0. The Morgan fingerprint density at radius 3 is 1.98 bits per heavy atom. The summed E-state index contributed by atoms with van der Waals surface area (Å²) in [7, 11) is -2.94. The number of carbonyl (C=O) groups excluding carboxylic acids is 1. The summed E-state index contributed by atoms with van der Waals surface area (Å²) in [5.74, 6) is -0.163. The van der Waals surface area contributed by atoms with Crippen molar-refractivity contribution < 1.29 is 32.6 Å². The number of hydrogen-bond acceptors (Lipinski definition) is 7. The molecule has 5 rings (SSSR count). The Hall–Kier alpha value is -4.96. The van der Waals surface area contributed by atoms with Crippen molar-refractivity contribution in [1.82, 2.24) is 4.98 Å². The second kappa shape index (κ2) is 12.3. The zero-order valence-corrected chi connectivity index (χ0v) is 23.6. The van der Waals surface area contributed by atoms with Gasteiger partial charge in [-0.1, -0.05) is 36.4 Å². The van der Waals surface area contributed by atoms with Crippen LogP contribution in [0.1, 0.15) is 24.8 Å². The molecule has 4 aromatic carbocycles. The van der Waals surface area contributed by atoms with Gasteiger partial charge in [0.15, 0.2) is 5.75 Å². The molecule has 1 amide bonds. The number of para-hydroxylation sites is 2. The van der Waals surface area contributed by atoms with Crippen LogP contribution in [0.2, 0.25) is 0 Å². The minimum atomic E-state index is -4.43. The lowest BCUT2D eigenvalue weighted by atomic mass is 10.1. The monoisotopic (exact) mass is 584 g/mol. The summed E-state index contributed by atoms with van der Waals surface area (Å²) in [6, 6.07) is 26.6. The predicted octanol–water partition coefficient (Wildman–Crippen LogP) is 6.59. The van der Waals surface area contributed by atoms with E-state index in [-0.39, 0.29) is 22.8 Å². The summed E-state index contributed by atoms with van der Waals surface area (Å²) in [6.07, 6.45) is 0.730. The first kappa shape index (κ1) is 28.6. The SMILES string of the molecule is COc1ccc(N(C(=O)Oc2c3ccccc3nc3ccccc23)S(=O)(=O)c2ccc(CCCCC(=O)O)cc2)cc1. The number of hydrogen-bond donors (Lipinski definition) is 1. The number of benzene rings is 4. The zero-order valence-electron chi connectivity index (χ0n) is 22.8. The Bertz CT molecular complexity index is 1800. The number of fused-ring (bicyclic) bond motifs is 2. The molecule has 0 saturated heterocycles. The van der Waals surface area contributed by atoms with Crippen LogP contribution in [0.5, 0.6) is 11.5 Å². The number of sulfonamides is 1. The average Bonchev–Trinajstić information content (AvgIpc) is 2.99. The van der Waals surface area contributed by atoms with E-state index < -0.39 is 22.1 Å². The van der Waals surface area contributed by atoms with Gasteiger partial charge in [0, 0.05) is 17.2 Å². The molecule has 10 heteroatoms. The van der Waals surface area contributed by atoms with Gasteiger partial charge in [-0.05, 0) is 85.5 Å². The average molecular weight is 585 g/mol. The maximum atomic E-state index is 14.0. The Kier molecular flexibility index (Phi) is 8.35. The quantitative estimate of drug-likeness (QED) is 0.144. The van der Waals surface area contributed by atoms with Gasteiger partial charge in [-0.25, -0.2) is 18.2 Å². The van der Waals surface area contributed by atoms with E-state index in [0.29, 0.717) is 51.1 Å². The van der Waals surface area contributed by atoms with E-state index in [1.165, 1.54) is 31.4 Å². The minimum absolute atomic E-state index is 0.0706. The van der Waals surface area contributed by atoms with Crippen molar-refractivity contribution in [2.45, 2.75) is 30.6 Å². The first-order chi connectivity index (χ1) is 20.3. The first-order valence-corrected chi connectivity index (χ1v) is 14.7. The number of aromatic nitrogens is 1. The fraction of sp³-hybridized carbons (Fsp3) is 0.156. The second-order valence-electron chi connectivity index (χ2n) is 9.56. The number of carbonyl (C=O) groups is 2. The van der Waals surface area contributed by atoms with E-state index >= 15 is 0 Å². The van der Waals surface area contributed by atoms with Crippen molar-refractivity contribution in [3.8, 4) is 11.5 Å². The number of aryl methyl sites for hydroxylation is 1. The highest BCUT2D eigenvalue weighted by molar-refractivity contribution is 7.93. The molecule has 9 nitrogen and oxygen atoms in total. The number of carboxylic acids is 1. The Balaban J connectivity index is 1.52. The number of nitrogens with zero attached hydrogens (tertiary/aromatic N) is 2. The first-order valence-electron chi connectivity index (χ1n) is 13.3. The van der Waals surface area contributed by atoms with E-state index in [4.69, 9.17) is 14.6 Å². The minimum Gasteiger partial charge on any atom is -0.497 e. The van der Waals surface area contributed by atoms with Crippen LogP contribution >= 0.6 is 0 Å². The molecule has 0 aliphatic carbocycles. The van der Waals surface area contributed by atoms with E-state index in [1.807, 2.05) is 12.1 Å². The lowest BCUT2D eigenvalue weighted by molar-refractivity contribution is -0.137. The van der Waals surface area contributed by atoms with Gasteiger partial charge < -0.3 is 14.6 Å². The summed E-state index contributed by atoms with van der Waals surface area (Å²) < 4.78 is 39.8. The molecule has 0 fully saturated rings. The van der Waals surface area contributed by atoms with Crippen LogP contribution in [0.25, 0.3) is 21.8 Å². The van der Waals surface area contributed by atoms with Crippen LogP contribution in [0, 0.1) is 0 Å². The number of unbranched alkanes of at least 4 members (excludes halogenated alkanes) is 1. The van der Waals surface area contributed by atoms with Crippen LogP contribution in [-0.2, 0) is 21.2 Å². The Labute approximate surface area is 243 Å². The molecule has 0 radical (unpaired) electrons. The smallest absolute Gasteiger partial charge is 0.434 e. The number of anilines is 1. The highest BCUT2D eigenvalue weighted by Gasteiger charge is 2.33. The predicted molar refractivity (Wildman–Crippen MR) is 160 cm³/mol. The highest BCUT2D eigenvalue weighted by atomic mass is 32.2. The van der Waals surface area contributed by atoms with Crippen molar-refractivity contribution in [3.63, 3.8) is 0 Å². The van der Waals surface area contributed by atoms with Gasteiger partial charge in [0.2, 0.25) is 0 Å². The lowest BCUT2D eigenvalue weighted by Gasteiger charge is -2.23. The van der Waals surface area contributed by atoms with E-state index in [9.17, 15) is 18.0 Å². The van der Waals surface area contributed by atoms with Crippen molar-refractivity contribution in [1.29, 1.82) is 0 Å². The number of ether oxygens (including phenoxy) is 2. The third-order valence-electron chi connectivity index (χ3n) is 6.77. The third-order valence-corrected chi connectivity index (χ3v) is 8.48. The largest absolute Gasteiger partial charge is 0.497 e. The van der Waals surface area contributed by atoms with Gasteiger partial charge in [0.05, 0.1) is 28.7 Å². The summed E-state index contributed by atoms with van der Waals surface area (Å²) in [4.78, 5) is 29.2.